The molecule has 0 aromatic heterocycles. The molecule has 2 amide bonds. The fourth-order valence-electron chi connectivity index (χ4n) is 5.57. The van der Waals surface area contributed by atoms with Crippen LogP contribution in [0.2, 0.25) is 0 Å². The van der Waals surface area contributed by atoms with Gasteiger partial charge in [-0.1, -0.05) is 6.42 Å². The largest absolute Gasteiger partial charge is 0.508 e. The minimum Gasteiger partial charge on any atom is -0.508 e. The maximum atomic E-state index is 13.1. The highest BCUT2D eigenvalue weighted by molar-refractivity contribution is 5.76. The van der Waals surface area contributed by atoms with Crippen LogP contribution in [0.4, 0.5) is 0 Å². The van der Waals surface area contributed by atoms with Crippen molar-refractivity contribution in [2.75, 3.05) is 13.1 Å². The summed E-state index contributed by atoms with van der Waals surface area (Å²) in [6, 6.07) is 5.35. The SMILES string of the molecule is CC(=O)NCCCCCC(=O)N1CCC[C@H]2O[C@H]3c4ccc(O)cc4OC(C)(C)[C@@H]3C[C@H]21. The summed E-state index contributed by atoms with van der Waals surface area (Å²) < 4.78 is 13.0. The Morgan fingerprint density at radius 2 is 2.06 bits per heavy atom. The van der Waals surface area contributed by atoms with Crippen LogP contribution in [0.25, 0.3) is 0 Å². The van der Waals surface area contributed by atoms with Crippen molar-refractivity contribution in [1.29, 1.82) is 0 Å². The molecular weight excluding hydrogens is 408 g/mol. The lowest BCUT2D eigenvalue weighted by Gasteiger charge is -2.54. The van der Waals surface area contributed by atoms with E-state index in [1.54, 1.807) is 12.1 Å². The number of likely N-dealkylation sites (tertiary alicyclic amines) is 1. The standard InChI is InChI=1S/C25H36N2O5/c1-16(28)26-12-6-4-5-9-23(30)27-13-7-8-21-20(27)15-19-24(31-21)18-11-10-17(29)14-22(18)32-25(19,2)3/h10-11,14,19-21,24,29H,4-9,12-13,15H2,1-3H3,(H,26,28)/t19-,20-,21-,24+/m1/s1. The summed E-state index contributed by atoms with van der Waals surface area (Å²) in [6.07, 6.45) is 5.93. The molecule has 7 heteroatoms. The van der Waals surface area contributed by atoms with E-state index in [0.717, 1.165) is 50.6 Å². The quantitative estimate of drug-likeness (QED) is 0.654. The second kappa shape index (κ2) is 9.30. The van der Waals surface area contributed by atoms with E-state index >= 15 is 0 Å². The number of nitrogens with zero attached hydrogens (tertiary/aromatic N) is 1. The van der Waals surface area contributed by atoms with Crippen LogP contribution in [0.1, 0.15) is 77.4 Å². The molecule has 0 bridgehead atoms. The highest BCUT2D eigenvalue weighted by atomic mass is 16.5. The molecule has 7 nitrogen and oxygen atoms in total. The Kier molecular flexibility index (Phi) is 6.65. The number of fused-ring (bicyclic) bond motifs is 4. The van der Waals surface area contributed by atoms with E-state index in [-0.39, 0.29) is 41.7 Å². The third-order valence-corrected chi connectivity index (χ3v) is 7.23. The van der Waals surface area contributed by atoms with Crippen LogP contribution in [-0.2, 0) is 14.3 Å². The van der Waals surface area contributed by atoms with Gasteiger partial charge in [0.05, 0.1) is 18.2 Å². The zero-order chi connectivity index (χ0) is 22.9. The maximum Gasteiger partial charge on any atom is 0.222 e. The van der Waals surface area contributed by atoms with Gasteiger partial charge < -0.3 is 24.8 Å². The lowest BCUT2D eigenvalue weighted by Crippen LogP contribution is -2.60. The number of hydrogen-bond acceptors (Lipinski definition) is 5. The Balaban J connectivity index is 1.41. The molecule has 1 aromatic rings. The number of benzene rings is 1. The number of phenolic OH excluding ortho intramolecular Hbond substituents is 1. The van der Waals surface area contributed by atoms with Gasteiger partial charge in [-0.25, -0.2) is 0 Å². The molecule has 176 valence electrons. The summed E-state index contributed by atoms with van der Waals surface area (Å²) in [4.78, 5) is 26.1. The molecule has 3 heterocycles. The Morgan fingerprint density at radius 3 is 2.84 bits per heavy atom. The van der Waals surface area contributed by atoms with Gasteiger partial charge in [0.2, 0.25) is 11.8 Å². The second-order valence-corrected chi connectivity index (χ2v) is 9.96. The zero-order valence-electron chi connectivity index (χ0n) is 19.4. The zero-order valence-corrected chi connectivity index (χ0v) is 19.4. The topological polar surface area (TPSA) is 88.1 Å². The fraction of sp³-hybridized carbons (Fsp3) is 0.680. The van der Waals surface area contributed by atoms with E-state index in [9.17, 15) is 14.7 Å². The van der Waals surface area contributed by atoms with Gasteiger partial charge in [0, 0.05) is 44.0 Å². The number of unbranched alkanes of at least 4 members (excludes halogenated alkanes) is 2. The van der Waals surface area contributed by atoms with Crippen molar-refractivity contribution < 1.29 is 24.2 Å². The van der Waals surface area contributed by atoms with Gasteiger partial charge in [0.1, 0.15) is 17.1 Å². The first-order valence-corrected chi connectivity index (χ1v) is 12.0. The van der Waals surface area contributed by atoms with Crippen LogP contribution in [0, 0.1) is 5.92 Å². The molecule has 2 N–H and O–H groups in total. The van der Waals surface area contributed by atoms with Gasteiger partial charge in [-0.15, -0.1) is 0 Å². The van der Waals surface area contributed by atoms with E-state index in [4.69, 9.17) is 9.47 Å². The van der Waals surface area contributed by atoms with Crippen molar-refractivity contribution in [2.45, 2.75) is 89.6 Å². The maximum absolute atomic E-state index is 13.1. The van der Waals surface area contributed by atoms with Crippen molar-refractivity contribution in [3.8, 4) is 11.5 Å². The van der Waals surface area contributed by atoms with Gasteiger partial charge in [-0.3, -0.25) is 9.59 Å². The molecule has 3 aliphatic rings. The van der Waals surface area contributed by atoms with Crippen molar-refractivity contribution in [3.63, 3.8) is 0 Å². The van der Waals surface area contributed by atoms with Crippen LogP contribution >= 0.6 is 0 Å². The summed E-state index contributed by atoms with van der Waals surface area (Å²) in [5, 5.41) is 12.7. The molecule has 2 fully saturated rings. The second-order valence-electron chi connectivity index (χ2n) is 9.96. The predicted octanol–water partition coefficient (Wildman–Crippen LogP) is 3.70. The van der Waals surface area contributed by atoms with Crippen molar-refractivity contribution in [2.24, 2.45) is 5.92 Å². The Hall–Kier alpha value is -2.28. The molecule has 0 radical (unpaired) electrons. The van der Waals surface area contributed by atoms with Crippen molar-refractivity contribution in [3.05, 3.63) is 23.8 Å². The number of piperidine rings is 1. The van der Waals surface area contributed by atoms with Crippen LogP contribution < -0.4 is 10.1 Å². The molecule has 3 aliphatic heterocycles. The van der Waals surface area contributed by atoms with Crippen LogP contribution in [0.15, 0.2) is 18.2 Å². The van der Waals surface area contributed by atoms with E-state index in [0.29, 0.717) is 18.7 Å². The number of ether oxygens (including phenoxy) is 2. The number of aromatic hydroxyl groups is 1. The Bertz CT molecular complexity index is 855. The Labute approximate surface area is 190 Å². The molecule has 4 atom stereocenters. The number of amides is 2. The van der Waals surface area contributed by atoms with Crippen LogP contribution in [0.5, 0.6) is 11.5 Å². The van der Waals surface area contributed by atoms with Gasteiger partial charge in [0.25, 0.3) is 0 Å². The monoisotopic (exact) mass is 444 g/mol. The minimum atomic E-state index is -0.452. The molecule has 0 unspecified atom stereocenters. The van der Waals surface area contributed by atoms with Gasteiger partial charge in [0.15, 0.2) is 0 Å². The first kappa shape index (κ1) is 22.9. The molecule has 0 spiro atoms. The lowest BCUT2D eigenvalue weighted by atomic mass is 9.72. The number of carbonyl (C=O) groups is 2. The summed E-state index contributed by atoms with van der Waals surface area (Å²) in [5.41, 5.74) is 0.542. The molecular formula is C25H36N2O5. The molecule has 32 heavy (non-hydrogen) atoms. The molecule has 2 saturated heterocycles. The van der Waals surface area contributed by atoms with Gasteiger partial charge >= 0.3 is 0 Å². The summed E-state index contributed by atoms with van der Waals surface area (Å²) in [7, 11) is 0. The van der Waals surface area contributed by atoms with E-state index in [1.807, 2.05) is 6.07 Å². The predicted molar refractivity (Wildman–Crippen MR) is 120 cm³/mol. The highest BCUT2D eigenvalue weighted by Crippen LogP contribution is 2.52. The fourth-order valence-corrected chi connectivity index (χ4v) is 5.57. The average Bonchev–Trinajstić information content (AvgIpc) is 2.73. The molecule has 0 aliphatic carbocycles. The van der Waals surface area contributed by atoms with Gasteiger partial charge in [-0.2, -0.15) is 0 Å². The molecule has 0 saturated carbocycles. The smallest absolute Gasteiger partial charge is 0.222 e. The van der Waals surface area contributed by atoms with Crippen molar-refractivity contribution in [1.82, 2.24) is 10.2 Å². The molecule has 1 aromatic carbocycles. The third kappa shape index (κ3) is 4.72. The van der Waals surface area contributed by atoms with Crippen molar-refractivity contribution >= 4 is 11.8 Å². The number of nitrogens with one attached hydrogen (secondary N) is 1. The summed E-state index contributed by atoms with van der Waals surface area (Å²) in [6.45, 7) is 7.13. The Morgan fingerprint density at radius 1 is 1.25 bits per heavy atom. The number of carbonyl (C=O) groups excluding carboxylic acids is 2. The van der Waals surface area contributed by atoms with E-state index < -0.39 is 5.60 Å². The average molecular weight is 445 g/mol. The van der Waals surface area contributed by atoms with E-state index in [1.165, 1.54) is 6.92 Å². The minimum absolute atomic E-state index is 0.00919. The highest BCUT2D eigenvalue weighted by Gasteiger charge is 2.52. The third-order valence-electron chi connectivity index (χ3n) is 7.23. The first-order valence-electron chi connectivity index (χ1n) is 12.0. The lowest BCUT2D eigenvalue weighted by molar-refractivity contribution is -0.193. The molecule has 4 rings (SSSR count). The first-order chi connectivity index (χ1) is 15.3. The van der Waals surface area contributed by atoms with E-state index in [2.05, 4.69) is 24.1 Å². The number of rotatable bonds is 6. The van der Waals surface area contributed by atoms with Crippen LogP contribution in [-0.4, -0.2) is 52.7 Å². The summed E-state index contributed by atoms with van der Waals surface area (Å²) >= 11 is 0. The summed E-state index contributed by atoms with van der Waals surface area (Å²) in [5.74, 6) is 1.22. The van der Waals surface area contributed by atoms with Gasteiger partial charge in [-0.05, 0) is 58.1 Å². The normalized spacial score (nSPS) is 28.0. The number of hydrogen-bond donors (Lipinski definition) is 2. The van der Waals surface area contributed by atoms with Crippen LogP contribution in [0.3, 0.4) is 0 Å². The number of phenols is 1.